The van der Waals surface area contributed by atoms with Crippen molar-refractivity contribution in [2.75, 3.05) is 24.2 Å². The summed E-state index contributed by atoms with van der Waals surface area (Å²) in [5, 5.41) is 7.74. The van der Waals surface area contributed by atoms with Gasteiger partial charge in [0.2, 0.25) is 0 Å². The smallest absolute Gasteiger partial charge is 0.266 e. The standard InChI is InChI=1S/C2H4Cl2.C2H5ClO.CCl4/c2*3-1-2-4;2-1(3,4)5/h1-2H2;4H,1-2H2;. The lowest BCUT2D eigenvalue weighted by Gasteiger charge is -1.91. The zero-order valence-electron chi connectivity index (χ0n) is 6.42. The zero-order valence-corrected chi connectivity index (χ0v) is 11.7. The Labute approximate surface area is 113 Å². The largest absolute Gasteiger partial charge is 0.395 e. The Morgan fingerprint density at radius 2 is 0.923 bits per heavy atom. The molecule has 1 nitrogen and oxygen atoms in total. The minimum Gasteiger partial charge on any atom is -0.395 e. The minimum atomic E-state index is -1.61. The van der Waals surface area contributed by atoms with E-state index < -0.39 is 3.25 Å². The monoisotopic (exact) mass is 330 g/mol. The average Bonchev–Trinajstić information content (AvgIpc) is 2.01. The molecule has 0 rings (SSSR count). The lowest BCUT2D eigenvalue weighted by molar-refractivity contribution is 0.321. The molecular formula is C5H9Cl7O. The first-order valence-corrected chi connectivity index (χ1v) is 5.99. The van der Waals surface area contributed by atoms with Gasteiger partial charge in [-0.05, 0) is 0 Å². The van der Waals surface area contributed by atoms with E-state index in [1.54, 1.807) is 0 Å². The Bertz CT molecular complexity index is 59.8. The fraction of sp³-hybridized carbons (Fsp3) is 1.00. The van der Waals surface area contributed by atoms with Crippen LogP contribution in [0.2, 0.25) is 0 Å². The lowest BCUT2D eigenvalue weighted by Crippen LogP contribution is -1.81. The Morgan fingerprint density at radius 3 is 0.923 bits per heavy atom. The second kappa shape index (κ2) is 16.4. The van der Waals surface area contributed by atoms with E-state index in [0.29, 0.717) is 17.6 Å². The van der Waals surface area contributed by atoms with Gasteiger partial charge in [0.05, 0.1) is 6.61 Å². The molecule has 0 aliphatic rings. The summed E-state index contributed by atoms with van der Waals surface area (Å²) < 4.78 is -1.61. The van der Waals surface area contributed by atoms with Gasteiger partial charge in [0.25, 0.3) is 3.25 Å². The van der Waals surface area contributed by atoms with Crippen molar-refractivity contribution >= 4 is 81.2 Å². The van der Waals surface area contributed by atoms with Crippen LogP contribution in [0.3, 0.4) is 0 Å². The summed E-state index contributed by atoms with van der Waals surface area (Å²) in [5.74, 6) is 1.46. The van der Waals surface area contributed by atoms with Gasteiger partial charge < -0.3 is 5.11 Å². The Morgan fingerprint density at radius 1 is 0.769 bits per heavy atom. The van der Waals surface area contributed by atoms with E-state index in [4.69, 9.17) is 86.3 Å². The highest BCUT2D eigenvalue weighted by Crippen LogP contribution is 2.29. The Kier molecular flexibility index (Phi) is 25.8. The highest BCUT2D eigenvalue weighted by molar-refractivity contribution is 6.83. The van der Waals surface area contributed by atoms with Crippen LogP contribution in [0.5, 0.6) is 0 Å². The minimum absolute atomic E-state index is 0.0849. The molecule has 0 fully saturated rings. The summed E-state index contributed by atoms with van der Waals surface area (Å²) in [5.41, 5.74) is 0. The second-order valence-corrected chi connectivity index (χ2v) is 5.78. The summed E-state index contributed by atoms with van der Waals surface area (Å²) in [6.45, 7) is 0.0849. The van der Waals surface area contributed by atoms with Crippen LogP contribution in [0.1, 0.15) is 0 Å². The molecule has 0 bridgehead atoms. The van der Waals surface area contributed by atoms with Crippen molar-refractivity contribution in [3.8, 4) is 0 Å². The SMILES string of the molecule is ClC(Cl)(Cl)Cl.ClCCCl.OCCCl. The van der Waals surface area contributed by atoms with Crippen LogP contribution in [0.4, 0.5) is 0 Å². The van der Waals surface area contributed by atoms with Crippen LogP contribution in [-0.2, 0) is 0 Å². The van der Waals surface area contributed by atoms with Crippen LogP contribution in [-0.4, -0.2) is 32.6 Å². The van der Waals surface area contributed by atoms with E-state index in [2.05, 4.69) is 0 Å². The van der Waals surface area contributed by atoms with Crippen LogP contribution in [0.15, 0.2) is 0 Å². The van der Waals surface area contributed by atoms with Gasteiger partial charge >= 0.3 is 0 Å². The number of rotatable bonds is 2. The third kappa shape index (κ3) is 126. The Hall–Kier alpha value is 1.99. The summed E-state index contributed by atoms with van der Waals surface area (Å²) in [6, 6.07) is 0. The molecule has 0 aromatic heterocycles. The van der Waals surface area contributed by atoms with Gasteiger partial charge in [-0.3, -0.25) is 0 Å². The highest BCUT2D eigenvalue weighted by atomic mass is 35.6. The lowest BCUT2D eigenvalue weighted by atomic mass is 10.9. The molecule has 0 heterocycles. The molecule has 0 spiro atoms. The summed E-state index contributed by atoms with van der Waals surface area (Å²) in [7, 11) is 0. The van der Waals surface area contributed by atoms with Crippen molar-refractivity contribution < 1.29 is 5.11 Å². The van der Waals surface area contributed by atoms with Gasteiger partial charge in [0.15, 0.2) is 0 Å². The van der Waals surface area contributed by atoms with Crippen molar-refractivity contribution in [2.24, 2.45) is 0 Å². The zero-order chi connectivity index (χ0) is 11.3. The van der Waals surface area contributed by atoms with E-state index in [1.807, 2.05) is 0 Å². The molecule has 0 radical (unpaired) electrons. The molecule has 0 unspecified atom stereocenters. The van der Waals surface area contributed by atoms with Crippen LogP contribution in [0, 0.1) is 0 Å². The van der Waals surface area contributed by atoms with Crippen molar-refractivity contribution in [1.29, 1.82) is 0 Å². The van der Waals surface area contributed by atoms with Gasteiger partial charge in [0, 0.05) is 17.6 Å². The molecule has 0 atom stereocenters. The fourth-order valence-corrected chi connectivity index (χ4v) is 0. The second-order valence-electron chi connectivity index (χ2n) is 1.22. The van der Waals surface area contributed by atoms with E-state index in [1.165, 1.54) is 0 Å². The number of aliphatic hydroxyl groups is 1. The van der Waals surface area contributed by atoms with E-state index in [-0.39, 0.29) is 6.61 Å². The molecule has 0 amide bonds. The van der Waals surface area contributed by atoms with Crippen LogP contribution < -0.4 is 0 Å². The molecule has 84 valence electrons. The maximum atomic E-state index is 7.74. The average molecular weight is 333 g/mol. The molecule has 0 aliphatic carbocycles. The molecule has 13 heavy (non-hydrogen) atoms. The Balaban J connectivity index is -0.000000117. The summed E-state index contributed by atoms with van der Waals surface area (Å²) in [6.07, 6.45) is 0. The van der Waals surface area contributed by atoms with Crippen molar-refractivity contribution in [2.45, 2.75) is 3.25 Å². The first-order valence-electron chi connectivity index (χ1n) is 2.87. The molecular weight excluding hydrogens is 324 g/mol. The van der Waals surface area contributed by atoms with Crippen molar-refractivity contribution in [3.63, 3.8) is 0 Å². The van der Waals surface area contributed by atoms with Crippen molar-refractivity contribution in [1.82, 2.24) is 0 Å². The molecule has 0 saturated heterocycles. The van der Waals surface area contributed by atoms with Gasteiger partial charge in [-0.1, -0.05) is 46.4 Å². The van der Waals surface area contributed by atoms with Crippen LogP contribution in [0.25, 0.3) is 0 Å². The predicted octanol–water partition coefficient (Wildman–Crippen LogP) is 4.23. The maximum absolute atomic E-state index is 7.74. The quantitative estimate of drug-likeness (QED) is 0.750. The number of alkyl halides is 7. The topological polar surface area (TPSA) is 20.2 Å². The predicted molar refractivity (Wildman–Crippen MR) is 65.4 cm³/mol. The van der Waals surface area contributed by atoms with E-state index in [9.17, 15) is 0 Å². The molecule has 0 aliphatic heterocycles. The first kappa shape index (κ1) is 20.4. The van der Waals surface area contributed by atoms with Gasteiger partial charge in [0.1, 0.15) is 0 Å². The highest BCUT2D eigenvalue weighted by Gasteiger charge is 2.11. The van der Waals surface area contributed by atoms with E-state index in [0.717, 1.165) is 0 Å². The van der Waals surface area contributed by atoms with Gasteiger partial charge in [-0.15, -0.1) is 34.8 Å². The van der Waals surface area contributed by atoms with Gasteiger partial charge in [-0.25, -0.2) is 0 Å². The number of aliphatic hydroxyl groups excluding tert-OH is 1. The first-order chi connectivity index (χ1) is 5.83. The third-order valence-electron chi connectivity index (χ3n) is 0.156. The molecule has 0 saturated carbocycles. The normalized spacial score (nSPS) is 9.23. The third-order valence-corrected chi connectivity index (χ3v) is 0.896. The maximum Gasteiger partial charge on any atom is 0.266 e. The molecule has 0 aromatic carbocycles. The number of hydrogen-bond donors (Lipinski definition) is 1. The van der Waals surface area contributed by atoms with Gasteiger partial charge in [-0.2, -0.15) is 0 Å². The number of hydrogen-bond acceptors (Lipinski definition) is 1. The summed E-state index contributed by atoms with van der Waals surface area (Å²) >= 11 is 34.3. The molecule has 8 heteroatoms. The molecule has 1 N–H and O–H groups in total. The summed E-state index contributed by atoms with van der Waals surface area (Å²) in [4.78, 5) is 0. The van der Waals surface area contributed by atoms with Crippen LogP contribution >= 0.6 is 81.2 Å². The molecule has 0 aromatic rings. The van der Waals surface area contributed by atoms with Crippen molar-refractivity contribution in [3.05, 3.63) is 0 Å². The fourth-order valence-electron chi connectivity index (χ4n) is 0. The number of halogens is 7. The van der Waals surface area contributed by atoms with E-state index >= 15 is 0 Å².